The van der Waals surface area contributed by atoms with Crippen LogP contribution in [-0.4, -0.2) is 26.0 Å². The van der Waals surface area contributed by atoms with Gasteiger partial charge in [-0.25, -0.2) is 13.1 Å². The van der Waals surface area contributed by atoms with Crippen LogP contribution in [0.3, 0.4) is 0 Å². The average Bonchev–Trinajstić information content (AvgIpc) is 2.37. The zero-order valence-corrected chi connectivity index (χ0v) is 14.7. The van der Waals surface area contributed by atoms with Gasteiger partial charge in [-0.15, -0.1) is 0 Å². The number of hydrogen-bond donors (Lipinski definition) is 2. The molecular formula is C13H18Cl2N2O2S2. The summed E-state index contributed by atoms with van der Waals surface area (Å²) in [5, 5.41) is 0.983. The SMILES string of the molecule is CSC1CCC(NS(=O)(=O)c2c(N)cc(Cl)cc2Cl)CC1. The Morgan fingerprint density at radius 3 is 2.38 bits per heavy atom. The van der Waals surface area contributed by atoms with Gasteiger partial charge in [0.25, 0.3) is 0 Å². The molecule has 0 aromatic heterocycles. The van der Waals surface area contributed by atoms with E-state index in [-0.39, 0.29) is 21.6 Å². The molecule has 0 bridgehead atoms. The Balaban J connectivity index is 2.16. The number of nitrogen functional groups attached to an aromatic ring is 1. The number of halogens is 2. The molecule has 0 unspecified atom stereocenters. The lowest BCUT2D eigenvalue weighted by Crippen LogP contribution is -2.38. The van der Waals surface area contributed by atoms with E-state index in [1.807, 2.05) is 11.8 Å². The Labute approximate surface area is 139 Å². The highest BCUT2D eigenvalue weighted by Crippen LogP contribution is 2.33. The highest BCUT2D eigenvalue weighted by atomic mass is 35.5. The van der Waals surface area contributed by atoms with Crippen molar-refractivity contribution < 1.29 is 8.42 Å². The van der Waals surface area contributed by atoms with Gasteiger partial charge >= 0.3 is 0 Å². The third-order valence-corrected chi connectivity index (χ3v) is 7.04. The van der Waals surface area contributed by atoms with Crippen LogP contribution in [0.2, 0.25) is 10.0 Å². The van der Waals surface area contributed by atoms with Gasteiger partial charge in [-0.05, 0) is 44.1 Å². The van der Waals surface area contributed by atoms with Crippen molar-refractivity contribution in [3.05, 3.63) is 22.2 Å². The third kappa shape index (κ3) is 4.20. The monoisotopic (exact) mass is 368 g/mol. The first kappa shape index (κ1) is 17.2. The number of thioether (sulfide) groups is 1. The van der Waals surface area contributed by atoms with Crippen molar-refractivity contribution in [3.63, 3.8) is 0 Å². The molecule has 21 heavy (non-hydrogen) atoms. The van der Waals surface area contributed by atoms with Crippen LogP contribution < -0.4 is 10.5 Å². The van der Waals surface area contributed by atoms with Gasteiger partial charge in [-0.2, -0.15) is 11.8 Å². The maximum atomic E-state index is 12.5. The van der Waals surface area contributed by atoms with Gasteiger partial charge in [0, 0.05) is 16.3 Å². The highest BCUT2D eigenvalue weighted by Gasteiger charge is 2.28. The quantitative estimate of drug-likeness (QED) is 0.797. The van der Waals surface area contributed by atoms with Gasteiger partial charge in [0.1, 0.15) is 4.90 Å². The summed E-state index contributed by atoms with van der Waals surface area (Å²) in [6, 6.07) is 2.72. The summed E-state index contributed by atoms with van der Waals surface area (Å²) in [6.07, 6.45) is 5.77. The molecule has 118 valence electrons. The molecule has 1 aromatic carbocycles. The number of nitrogens with two attached hydrogens (primary N) is 1. The van der Waals surface area contributed by atoms with Crippen molar-refractivity contribution in [2.75, 3.05) is 12.0 Å². The van der Waals surface area contributed by atoms with Gasteiger partial charge in [0.05, 0.1) is 10.7 Å². The van der Waals surface area contributed by atoms with Gasteiger partial charge in [-0.1, -0.05) is 23.2 Å². The first-order chi connectivity index (χ1) is 9.83. The van der Waals surface area contributed by atoms with Gasteiger partial charge in [0.2, 0.25) is 10.0 Å². The fourth-order valence-electron chi connectivity index (χ4n) is 2.56. The highest BCUT2D eigenvalue weighted by molar-refractivity contribution is 7.99. The number of hydrogen-bond acceptors (Lipinski definition) is 4. The lowest BCUT2D eigenvalue weighted by molar-refractivity contribution is 0.420. The Hall–Kier alpha value is -0.140. The predicted octanol–water partition coefficient (Wildman–Crippen LogP) is 3.53. The van der Waals surface area contributed by atoms with E-state index < -0.39 is 10.0 Å². The van der Waals surface area contributed by atoms with Gasteiger partial charge < -0.3 is 5.73 Å². The molecule has 1 saturated carbocycles. The maximum Gasteiger partial charge on any atom is 0.244 e. The maximum absolute atomic E-state index is 12.5. The fourth-order valence-corrected chi connectivity index (χ4v) is 5.59. The zero-order chi connectivity index (χ0) is 15.6. The molecule has 1 aromatic rings. The molecule has 4 nitrogen and oxygen atoms in total. The number of anilines is 1. The van der Waals surface area contributed by atoms with Gasteiger partial charge in [0.15, 0.2) is 0 Å². The zero-order valence-electron chi connectivity index (χ0n) is 11.6. The first-order valence-corrected chi connectivity index (χ1v) is 10.2. The van der Waals surface area contributed by atoms with E-state index in [9.17, 15) is 8.42 Å². The summed E-state index contributed by atoms with van der Waals surface area (Å²) in [4.78, 5) is -0.0828. The number of rotatable bonds is 4. The van der Waals surface area contributed by atoms with Gasteiger partial charge in [-0.3, -0.25) is 0 Å². The van der Waals surface area contributed by atoms with Crippen LogP contribution in [0.25, 0.3) is 0 Å². The second-order valence-electron chi connectivity index (χ2n) is 5.14. The van der Waals surface area contributed by atoms with E-state index in [2.05, 4.69) is 11.0 Å². The van der Waals surface area contributed by atoms with Crippen molar-refractivity contribution in [1.82, 2.24) is 4.72 Å². The first-order valence-electron chi connectivity index (χ1n) is 6.63. The van der Waals surface area contributed by atoms with Crippen molar-refractivity contribution in [3.8, 4) is 0 Å². The second kappa shape index (κ2) is 6.96. The van der Waals surface area contributed by atoms with Crippen molar-refractivity contribution >= 4 is 50.7 Å². The molecule has 0 atom stereocenters. The van der Waals surface area contributed by atoms with E-state index in [0.29, 0.717) is 10.3 Å². The van der Waals surface area contributed by atoms with E-state index in [1.165, 1.54) is 12.1 Å². The molecule has 1 aliphatic rings. The standard InChI is InChI=1S/C13H18Cl2N2O2S2/c1-20-10-4-2-9(3-5-10)17-21(18,19)13-11(15)6-8(14)7-12(13)16/h6-7,9-10,17H,2-5,16H2,1H3. The third-order valence-electron chi connectivity index (χ3n) is 3.64. The summed E-state index contributed by atoms with van der Waals surface area (Å²) < 4.78 is 27.7. The summed E-state index contributed by atoms with van der Waals surface area (Å²) in [5.41, 5.74) is 5.83. The molecule has 0 heterocycles. The molecule has 0 spiro atoms. The summed E-state index contributed by atoms with van der Waals surface area (Å²) in [5.74, 6) is 0. The minimum atomic E-state index is -3.73. The largest absolute Gasteiger partial charge is 0.398 e. The van der Waals surface area contributed by atoms with Crippen molar-refractivity contribution in [2.45, 2.75) is 41.9 Å². The van der Waals surface area contributed by atoms with Crippen LogP contribution in [0.1, 0.15) is 25.7 Å². The second-order valence-corrected chi connectivity index (χ2v) is 8.77. The molecule has 0 radical (unpaired) electrons. The average molecular weight is 369 g/mol. The molecule has 0 saturated heterocycles. The van der Waals surface area contributed by atoms with Crippen LogP contribution >= 0.6 is 35.0 Å². The molecular weight excluding hydrogens is 351 g/mol. The van der Waals surface area contributed by atoms with Crippen LogP contribution in [-0.2, 0) is 10.0 Å². The Morgan fingerprint density at radius 2 is 1.86 bits per heavy atom. The molecule has 1 aliphatic carbocycles. The van der Waals surface area contributed by atoms with Crippen LogP contribution in [0, 0.1) is 0 Å². The van der Waals surface area contributed by atoms with Crippen LogP contribution in [0.4, 0.5) is 5.69 Å². The minimum absolute atomic E-state index is 0.0466. The van der Waals surface area contributed by atoms with E-state index in [0.717, 1.165) is 25.7 Å². The molecule has 0 aliphatic heterocycles. The van der Waals surface area contributed by atoms with E-state index in [4.69, 9.17) is 28.9 Å². The summed E-state index contributed by atoms with van der Waals surface area (Å²) in [6.45, 7) is 0. The molecule has 8 heteroatoms. The molecule has 3 N–H and O–H groups in total. The lowest BCUT2D eigenvalue weighted by Gasteiger charge is -2.28. The number of nitrogens with one attached hydrogen (secondary N) is 1. The Bertz CT molecular complexity index is 592. The predicted molar refractivity (Wildman–Crippen MR) is 90.8 cm³/mol. The number of sulfonamides is 1. The Kier molecular flexibility index (Phi) is 5.71. The summed E-state index contributed by atoms with van der Waals surface area (Å²) >= 11 is 13.6. The van der Waals surface area contributed by atoms with Crippen LogP contribution in [0.15, 0.2) is 17.0 Å². The normalized spacial score (nSPS) is 23.2. The van der Waals surface area contributed by atoms with E-state index in [1.54, 1.807) is 0 Å². The van der Waals surface area contributed by atoms with Crippen LogP contribution in [0.5, 0.6) is 0 Å². The van der Waals surface area contributed by atoms with E-state index >= 15 is 0 Å². The smallest absolute Gasteiger partial charge is 0.244 e. The minimum Gasteiger partial charge on any atom is -0.398 e. The fraction of sp³-hybridized carbons (Fsp3) is 0.538. The Morgan fingerprint density at radius 1 is 1.24 bits per heavy atom. The lowest BCUT2D eigenvalue weighted by atomic mass is 9.96. The molecule has 0 amide bonds. The van der Waals surface area contributed by atoms with Crippen molar-refractivity contribution in [1.29, 1.82) is 0 Å². The topological polar surface area (TPSA) is 72.2 Å². The molecule has 2 rings (SSSR count). The summed E-state index contributed by atoms with van der Waals surface area (Å²) in [7, 11) is -3.73. The molecule has 1 fully saturated rings. The number of benzene rings is 1. The van der Waals surface area contributed by atoms with Crippen molar-refractivity contribution in [2.24, 2.45) is 0 Å².